The Balaban J connectivity index is 1.04. The van der Waals surface area contributed by atoms with Gasteiger partial charge in [0, 0.05) is 50.1 Å². The highest BCUT2D eigenvalue weighted by atomic mass is 19.3. The van der Waals surface area contributed by atoms with Crippen LogP contribution in [0.5, 0.6) is 0 Å². The van der Waals surface area contributed by atoms with Crippen molar-refractivity contribution in [3.8, 4) is 0 Å². The summed E-state index contributed by atoms with van der Waals surface area (Å²) in [5.41, 5.74) is -0.897. The van der Waals surface area contributed by atoms with Gasteiger partial charge in [-0.3, -0.25) is 14.3 Å². The predicted octanol–water partition coefficient (Wildman–Crippen LogP) is 3.45. The minimum atomic E-state index is -2.90. The van der Waals surface area contributed by atoms with E-state index in [-0.39, 0.29) is 35.0 Å². The average molecular weight is 640 g/mol. The number of hydrogen-bond donors (Lipinski definition) is 3. The van der Waals surface area contributed by atoms with Crippen LogP contribution in [-0.2, 0) is 4.79 Å². The third-order valence-electron chi connectivity index (χ3n) is 10.6. The number of Topliss-reactive ketones (excluding diaryl/α,β-unsaturated/α-hetero) is 1. The van der Waals surface area contributed by atoms with E-state index < -0.39 is 23.6 Å². The van der Waals surface area contributed by atoms with Crippen LogP contribution in [0.25, 0.3) is 5.65 Å². The first-order valence-electron chi connectivity index (χ1n) is 16.6. The number of alkyl halides is 2. The highest BCUT2D eigenvalue weighted by molar-refractivity contribution is 6.12. The second-order valence-electron chi connectivity index (χ2n) is 13.8. The van der Waals surface area contributed by atoms with Gasteiger partial charge in [0.1, 0.15) is 11.3 Å². The number of ketones is 1. The molecule has 4 fully saturated rings. The summed E-state index contributed by atoms with van der Waals surface area (Å²) in [6.07, 6.45) is 8.73. The Morgan fingerprint density at radius 1 is 1.20 bits per heavy atom. The number of hydrogen-bond acceptors (Lipinski definition) is 9. The lowest BCUT2D eigenvalue weighted by atomic mass is 9.81. The first-order valence-corrected chi connectivity index (χ1v) is 16.6. The molecule has 2 aliphatic carbocycles. The molecule has 0 unspecified atom stereocenters. The zero-order chi connectivity index (χ0) is 32.0. The highest BCUT2D eigenvalue weighted by Gasteiger charge is 2.46. The molecule has 248 valence electrons. The number of nitrogens with one attached hydrogen (secondary N) is 2. The second-order valence-corrected chi connectivity index (χ2v) is 13.8. The van der Waals surface area contributed by atoms with E-state index in [1.165, 1.54) is 28.2 Å². The normalized spacial score (nSPS) is 27.0. The second kappa shape index (κ2) is 12.6. The van der Waals surface area contributed by atoms with E-state index in [4.69, 9.17) is 0 Å². The molecule has 3 N–H and O–H groups in total. The number of fused-ring (bicyclic) bond motifs is 3. The number of anilines is 2. The third kappa shape index (κ3) is 6.14. The van der Waals surface area contributed by atoms with Gasteiger partial charge in [-0.25, -0.2) is 18.3 Å². The lowest BCUT2D eigenvalue weighted by molar-refractivity contribution is -0.120. The molecule has 7 rings (SSSR count). The molecule has 0 spiro atoms. The molecule has 2 bridgehead atoms. The Labute approximate surface area is 266 Å². The maximum absolute atomic E-state index is 14.2. The minimum absolute atomic E-state index is 0.0486. The van der Waals surface area contributed by atoms with Crippen LogP contribution in [0.3, 0.4) is 0 Å². The number of carbonyl (C=O) groups excluding carboxylic acids is 2. The molecule has 14 heteroatoms. The fraction of sp³-hybridized carbons (Fsp3) is 0.656. The first-order chi connectivity index (χ1) is 22.2. The van der Waals surface area contributed by atoms with Crippen molar-refractivity contribution in [2.45, 2.75) is 81.9 Å². The molecule has 2 atom stereocenters. The smallest absolute Gasteiger partial charge is 0.284 e. The summed E-state index contributed by atoms with van der Waals surface area (Å²) in [5.74, 6) is 0.655. The van der Waals surface area contributed by atoms with Crippen LogP contribution < -0.4 is 15.5 Å². The molecule has 12 nitrogen and oxygen atoms in total. The molecule has 46 heavy (non-hydrogen) atoms. The fourth-order valence-electron chi connectivity index (χ4n) is 8.03. The summed E-state index contributed by atoms with van der Waals surface area (Å²) in [6.45, 7) is 4.14. The molecule has 5 heterocycles. The van der Waals surface area contributed by atoms with Crippen molar-refractivity contribution in [3.05, 3.63) is 35.9 Å². The molecule has 2 saturated carbocycles. The number of amides is 1. The van der Waals surface area contributed by atoms with Gasteiger partial charge in [0.15, 0.2) is 17.2 Å². The minimum Gasteiger partial charge on any atom is -0.389 e. The summed E-state index contributed by atoms with van der Waals surface area (Å²) in [6, 6.07) is 1.48. The van der Waals surface area contributed by atoms with Gasteiger partial charge in [0.05, 0.1) is 17.3 Å². The standard InChI is InChI=1S/C32H43F2N9O3/c1-40(14-7-20-5-11-35-12-6-20)19-32(46)8-3-22(4-9-32)43-18-24(27(38-43)28(33)34)37-31(45)26-29-36-10-2-13-42(29)39-30(26)41-17-21-15-23(41)16-25(21)44/h2,10,13,18,20-23,28,35,46H,3-9,11-12,14-17,19H2,1H3,(H,37,45)/t21-,22?,23-,32?/m1/s1. The molecule has 3 aromatic rings. The average Bonchev–Trinajstić information content (AvgIpc) is 3.82. The number of halogens is 2. The van der Waals surface area contributed by atoms with E-state index in [0.29, 0.717) is 63.1 Å². The van der Waals surface area contributed by atoms with Crippen molar-refractivity contribution in [3.63, 3.8) is 0 Å². The zero-order valence-corrected chi connectivity index (χ0v) is 26.2. The highest BCUT2D eigenvalue weighted by Crippen LogP contribution is 2.41. The van der Waals surface area contributed by atoms with Crippen molar-refractivity contribution >= 4 is 28.8 Å². The molecule has 4 aliphatic rings. The fourth-order valence-corrected chi connectivity index (χ4v) is 8.03. The summed E-state index contributed by atoms with van der Waals surface area (Å²) in [4.78, 5) is 34.6. The van der Waals surface area contributed by atoms with Crippen molar-refractivity contribution in [1.82, 2.24) is 34.6 Å². The van der Waals surface area contributed by atoms with Gasteiger partial charge < -0.3 is 25.5 Å². The van der Waals surface area contributed by atoms with Crippen LogP contribution in [0, 0.1) is 11.8 Å². The van der Waals surface area contributed by atoms with E-state index in [2.05, 4.69) is 37.8 Å². The summed E-state index contributed by atoms with van der Waals surface area (Å²) < 4.78 is 31.5. The van der Waals surface area contributed by atoms with Crippen molar-refractivity contribution < 1.29 is 23.5 Å². The van der Waals surface area contributed by atoms with Crippen LogP contribution in [0.4, 0.5) is 20.3 Å². The van der Waals surface area contributed by atoms with E-state index in [1.807, 2.05) is 4.90 Å². The van der Waals surface area contributed by atoms with Crippen LogP contribution >= 0.6 is 0 Å². The first kappa shape index (κ1) is 31.1. The molecule has 3 aromatic heterocycles. The molecule has 2 saturated heterocycles. The number of aromatic nitrogens is 5. The van der Waals surface area contributed by atoms with Crippen LogP contribution in [0.2, 0.25) is 0 Å². The Morgan fingerprint density at radius 3 is 2.67 bits per heavy atom. The van der Waals surface area contributed by atoms with E-state index >= 15 is 0 Å². The Kier molecular flexibility index (Phi) is 8.53. The van der Waals surface area contributed by atoms with Gasteiger partial charge in [-0.05, 0) is 90.0 Å². The van der Waals surface area contributed by atoms with Crippen LogP contribution in [0.1, 0.15) is 86.3 Å². The van der Waals surface area contributed by atoms with Crippen molar-refractivity contribution in [2.24, 2.45) is 11.8 Å². The quantitative estimate of drug-likeness (QED) is 0.305. The Bertz CT molecular complexity index is 1580. The van der Waals surface area contributed by atoms with E-state index in [1.54, 1.807) is 18.5 Å². The zero-order valence-electron chi connectivity index (χ0n) is 26.2. The van der Waals surface area contributed by atoms with E-state index in [9.17, 15) is 23.5 Å². The third-order valence-corrected chi connectivity index (χ3v) is 10.6. The van der Waals surface area contributed by atoms with Crippen LogP contribution in [0.15, 0.2) is 24.7 Å². The largest absolute Gasteiger partial charge is 0.389 e. The molecule has 2 aliphatic heterocycles. The number of aliphatic hydroxyl groups is 1. The summed E-state index contributed by atoms with van der Waals surface area (Å²) in [7, 11) is 2.06. The number of rotatable bonds is 10. The Hall–Kier alpha value is -3.49. The topological polar surface area (TPSA) is 133 Å². The van der Waals surface area contributed by atoms with Gasteiger partial charge in [0.25, 0.3) is 12.3 Å². The number of nitrogens with zero attached hydrogens (tertiary/aromatic N) is 7. The maximum Gasteiger partial charge on any atom is 0.284 e. The van der Waals surface area contributed by atoms with Crippen LogP contribution in [-0.4, -0.2) is 97.5 Å². The number of carbonyl (C=O) groups is 2. The van der Waals surface area contributed by atoms with Gasteiger partial charge in [0.2, 0.25) is 0 Å². The predicted molar refractivity (Wildman–Crippen MR) is 167 cm³/mol. The number of piperidine rings is 2. The summed E-state index contributed by atoms with van der Waals surface area (Å²) in [5, 5.41) is 26.3. The van der Waals surface area contributed by atoms with Gasteiger partial charge >= 0.3 is 0 Å². The SMILES string of the molecule is CN(CCC1CCNCC1)CC1(O)CCC(n2cc(NC(=O)c3c(N4C[C@H]5C[C@@H]4CC5=O)nn4cccnc34)c(C(F)F)n2)CC1. The molecular weight excluding hydrogens is 596 g/mol. The van der Waals surface area contributed by atoms with Crippen molar-refractivity contribution in [2.75, 3.05) is 50.0 Å². The van der Waals surface area contributed by atoms with Gasteiger partial charge in [-0.15, -0.1) is 5.10 Å². The number of likely N-dealkylation sites (N-methyl/N-ethyl adjacent to an activating group) is 1. The molecule has 0 radical (unpaired) electrons. The van der Waals surface area contributed by atoms with Gasteiger partial charge in [-0.2, -0.15) is 5.10 Å². The van der Waals surface area contributed by atoms with E-state index in [0.717, 1.165) is 32.0 Å². The molecule has 1 amide bonds. The molecule has 0 aromatic carbocycles. The monoisotopic (exact) mass is 639 g/mol. The van der Waals surface area contributed by atoms with Crippen molar-refractivity contribution in [1.29, 1.82) is 0 Å². The summed E-state index contributed by atoms with van der Waals surface area (Å²) >= 11 is 0. The lowest BCUT2D eigenvalue weighted by Gasteiger charge is -2.39. The van der Waals surface area contributed by atoms with Gasteiger partial charge in [-0.1, -0.05) is 0 Å². The Morgan fingerprint density at radius 2 is 1.98 bits per heavy atom. The lowest BCUT2D eigenvalue weighted by Crippen LogP contribution is -2.45. The molecular formula is C32H43F2N9O3. The maximum atomic E-state index is 14.2.